The van der Waals surface area contributed by atoms with Gasteiger partial charge in [-0.2, -0.15) is 0 Å². The van der Waals surface area contributed by atoms with Crippen LogP contribution in [0.25, 0.3) is 11.1 Å². The van der Waals surface area contributed by atoms with Gasteiger partial charge in [-0.25, -0.2) is 0 Å². The molecule has 0 amide bonds. The molecule has 1 aromatic heterocycles. The fourth-order valence-corrected chi connectivity index (χ4v) is 2.55. The van der Waals surface area contributed by atoms with Gasteiger partial charge in [0, 0.05) is 5.92 Å². The van der Waals surface area contributed by atoms with E-state index in [0.29, 0.717) is 29.2 Å². The van der Waals surface area contributed by atoms with Crippen LogP contribution in [0.15, 0.2) is 22.7 Å². The van der Waals surface area contributed by atoms with Crippen molar-refractivity contribution in [2.45, 2.75) is 19.3 Å². The van der Waals surface area contributed by atoms with Crippen LogP contribution in [0.3, 0.4) is 0 Å². The number of aromatic nitrogens is 1. The molecule has 1 aliphatic carbocycles. The number of rotatable bonds is 4. The highest BCUT2D eigenvalue weighted by atomic mass is 16.5. The van der Waals surface area contributed by atoms with E-state index in [1.807, 2.05) is 18.2 Å². The number of hydrogen-bond donors (Lipinski definition) is 1. The molecule has 5 heteroatoms. The maximum atomic E-state index is 5.95. The zero-order chi connectivity index (χ0) is 14.3. The third-order valence-corrected chi connectivity index (χ3v) is 3.88. The molecular formula is C15H18N2O3. The lowest BCUT2D eigenvalue weighted by atomic mass is 10.0. The molecule has 0 aliphatic heterocycles. The molecule has 0 spiro atoms. The number of nitrogens with zero attached hydrogens (tertiary/aromatic N) is 1. The van der Waals surface area contributed by atoms with Crippen LogP contribution in [0.4, 0.5) is 5.88 Å². The normalized spacial score (nSPS) is 20.8. The van der Waals surface area contributed by atoms with Gasteiger partial charge in [-0.15, -0.1) is 0 Å². The van der Waals surface area contributed by atoms with E-state index in [1.165, 1.54) is 0 Å². The second-order valence-electron chi connectivity index (χ2n) is 5.20. The lowest BCUT2D eigenvalue weighted by Crippen LogP contribution is -1.93. The molecule has 1 saturated carbocycles. The SMILES string of the molecule is COc1ccc(-c2c(C3CC3C)noc2N)cc1OC. The Labute approximate surface area is 117 Å². The molecule has 0 saturated heterocycles. The number of methoxy groups -OCH3 is 2. The van der Waals surface area contributed by atoms with Gasteiger partial charge >= 0.3 is 0 Å². The summed E-state index contributed by atoms with van der Waals surface area (Å²) >= 11 is 0. The fourth-order valence-electron chi connectivity index (χ4n) is 2.55. The lowest BCUT2D eigenvalue weighted by molar-refractivity contribution is 0.355. The van der Waals surface area contributed by atoms with E-state index >= 15 is 0 Å². The van der Waals surface area contributed by atoms with Crippen LogP contribution >= 0.6 is 0 Å². The van der Waals surface area contributed by atoms with Crippen molar-refractivity contribution in [1.82, 2.24) is 5.16 Å². The van der Waals surface area contributed by atoms with Crippen molar-refractivity contribution in [1.29, 1.82) is 0 Å². The van der Waals surface area contributed by atoms with Gasteiger partial charge in [-0.3, -0.25) is 0 Å². The predicted molar refractivity (Wildman–Crippen MR) is 76.0 cm³/mol. The summed E-state index contributed by atoms with van der Waals surface area (Å²) in [5, 5.41) is 4.13. The average Bonchev–Trinajstić information content (AvgIpc) is 3.06. The fraction of sp³-hybridized carbons (Fsp3) is 0.400. The molecule has 2 aromatic rings. The molecule has 0 radical (unpaired) electrons. The van der Waals surface area contributed by atoms with Gasteiger partial charge in [0.1, 0.15) is 0 Å². The first-order valence-corrected chi connectivity index (χ1v) is 6.63. The van der Waals surface area contributed by atoms with Gasteiger partial charge in [-0.05, 0) is 30.0 Å². The van der Waals surface area contributed by atoms with E-state index < -0.39 is 0 Å². The van der Waals surface area contributed by atoms with Crippen LogP contribution in [-0.2, 0) is 0 Å². The Kier molecular flexibility index (Phi) is 3.04. The second kappa shape index (κ2) is 4.74. The van der Waals surface area contributed by atoms with Crippen molar-refractivity contribution >= 4 is 5.88 Å². The van der Waals surface area contributed by atoms with E-state index in [-0.39, 0.29) is 0 Å². The van der Waals surface area contributed by atoms with Gasteiger partial charge < -0.3 is 19.7 Å². The molecule has 1 fully saturated rings. The first kappa shape index (κ1) is 12.8. The molecule has 5 nitrogen and oxygen atoms in total. The number of nitrogen functional groups attached to an aromatic ring is 1. The van der Waals surface area contributed by atoms with Crippen molar-refractivity contribution < 1.29 is 14.0 Å². The van der Waals surface area contributed by atoms with Crippen molar-refractivity contribution in [3.05, 3.63) is 23.9 Å². The van der Waals surface area contributed by atoms with Crippen molar-refractivity contribution in [2.24, 2.45) is 5.92 Å². The van der Waals surface area contributed by atoms with E-state index in [4.69, 9.17) is 19.7 Å². The molecule has 0 bridgehead atoms. The minimum Gasteiger partial charge on any atom is -0.493 e. The van der Waals surface area contributed by atoms with Crippen LogP contribution in [0.1, 0.15) is 25.0 Å². The van der Waals surface area contributed by atoms with Crippen molar-refractivity contribution in [3.8, 4) is 22.6 Å². The summed E-state index contributed by atoms with van der Waals surface area (Å²) in [4.78, 5) is 0. The monoisotopic (exact) mass is 274 g/mol. The first-order chi connectivity index (χ1) is 9.65. The van der Waals surface area contributed by atoms with Crippen LogP contribution in [0.2, 0.25) is 0 Å². The lowest BCUT2D eigenvalue weighted by Gasteiger charge is -2.09. The molecule has 1 heterocycles. The van der Waals surface area contributed by atoms with Gasteiger partial charge in [-0.1, -0.05) is 18.1 Å². The maximum absolute atomic E-state index is 5.95. The molecule has 2 unspecified atom stereocenters. The second-order valence-corrected chi connectivity index (χ2v) is 5.20. The highest BCUT2D eigenvalue weighted by Gasteiger charge is 2.39. The quantitative estimate of drug-likeness (QED) is 0.927. The summed E-state index contributed by atoms with van der Waals surface area (Å²) in [6, 6.07) is 5.71. The van der Waals surface area contributed by atoms with E-state index in [9.17, 15) is 0 Å². The van der Waals surface area contributed by atoms with Crippen LogP contribution in [-0.4, -0.2) is 19.4 Å². The van der Waals surface area contributed by atoms with Crippen molar-refractivity contribution in [2.75, 3.05) is 20.0 Å². The Morgan fingerprint density at radius 1 is 1.25 bits per heavy atom. The Morgan fingerprint density at radius 3 is 2.55 bits per heavy atom. The number of benzene rings is 1. The standard InChI is InChI=1S/C15H18N2O3/c1-8-6-10(8)14-13(15(16)20-17-14)9-4-5-11(18-2)12(7-9)19-3/h4-5,7-8,10H,6,16H2,1-3H3. The Balaban J connectivity index is 2.07. The Bertz CT molecular complexity index is 636. The minimum atomic E-state index is 0.353. The maximum Gasteiger partial charge on any atom is 0.230 e. The Hall–Kier alpha value is -2.17. The topological polar surface area (TPSA) is 70.5 Å². The summed E-state index contributed by atoms with van der Waals surface area (Å²) in [5.74, 6) is 2.79. The highest BCUT2D eigenvalue weighted by Crippen LogP contribution is 2.51. The number of ether oxygens (including phenoxy) is 2. The summed E-state index contributed by atoms with van der Waals surface area (Å²) < 4.78 is 15.8. The molecule has 20 heavy (non-hydrogen) atoms. The number of hydrogen-bond acceptors (Lipinski definition) is 5. The molecule has 2 atom stereocenters. The largest absolute Gasteiger partial charge is 0.493 e. The molecule has 106 valence electrons. The zero-order valence-electron chi connectivity index (χ0n) is 11.8. The smallest absolute Gasteiger partial charge is 0.230 e. The number of nitrogens with two attached hydrogens (primary N) is 1. The van der Waals surface area contributed by atoms with E-state index in [2.05, 4.69) is 12.1 Å². The summed E-state index contributed by atoms with van der Waals surface area (Å²) in [5.41, 5.74) is 8.71. The summed E-state index contributed by atoms with van der Waals surface area (Å²) in [7, 11) is 3.23. The van der Waals surface area contributed by atoms with Gasteiger partial charge in [0.2, 0.25) is 5.88 Å². The third-order valence-electron chi connectivity index (χ3n) is 3.88. The predicted octanol–water partition coefficient (Wildman–Crippen LogP) is 3.06. The van der Waals surface area contributed by atoms with Crippen LogP contribution < -0.4 is 15.2 Å². The first-order valence-electron chi connectivity index (χ1n) is 6.63. The summed E-state index contributed by atoms with van der Waals surface area (Å²) in [6.07, 6.45) is 1.13. The molecule has 1 aliphatic rings. The molecular weight excluding hydrogens is 256 g/mol. The molecule has 3 rings (SSSR count). The average molecular weight is 274 g/mol. The van der Waals surface area contributed by atoms with Gasteiger partial charge in [0.15, 0.2) is 11.5 Å². The van der Waals surface area contributed by atoms with E-state index in [0.717, 1.165) is 23.2 Å². The van der Waals surface area contributed by atoms with Gasteiger partial charge in [0.05, 0.1) is 25.5 Å². The summed E-state index contributed by atoms with van der Waals surface area (Å²) in [6.45, 7) is 2.20. The van der Waals surface area contributed by atoms with Crippen LogP contribution in [0, 0.1) is 5.92 Å². The van der Waals surface area contributed by atoms with Crippen LogP contribution in [0.5, 0.6) is 11.5 Å². The van der Waals surface area contributed by atoms with Gasteiger partial charge in [0.25, 0.3) is 0 Å². The number of anilines is 1. The van der Waals surface area contributed by atoms with E-state index in [1.54, 1.807) is 14.2 Å². The molecule has 1 aromatic carbocycles. The zero-order valence-corrected chi connectivity index (χ0v) is 11.8. The molecule has 2 N–H and O–H groups in total. The van der Waals surface area contributed by atoms with Crippen molar-refractivity contribution in [3.63, 3.8) is 0 Å². The highest BCUT2D eigenvalue weighted by molar-refractivity contribution is 5.77. The Morgan fingerprint density at radius 2 is 1.95 bits per heavy atom. The minimum absolute atomic E-state index is 0.353. The third kappa shape index (κ3) is 1.99.